The molecule has 3 N–H and O–H groups in total. The third-order valence-electron chi connectivity index (χ3n) is 5.46. The normalized spacial score (nSPS) is 17.7. The summed E-state index contributed by atoms with van der Waals surface area (Å²) in [5.74, 6) is 0.768. The second-order valence-electron chi connectivity index (χ2n) is 9.03. The van der Waals surface area contributed by atoms with E-state index in [9.17, 15) is 5.11 Å². The van der Waals surface area contributed by atoms with E-state index in [1.165, 1.54) is 18.5 Å². The lowest BCUT2D eigenvalue weighted by Crippen LogP contribution is -2.42. The molecule has 2 rings (SSSR count). The number of nitrogens with zero attached hydrogens (tertiary/aromatic N) is 3. The Hall–Kier alpha value is -0.900. The molecule has 7 heteroatoms. The molecule has 1 aromatic rings. The lowest BCUT2D eigenvalue weighted by Gasteiger charge is -2.21. The molecule has 1 heterocycles. The molecule has 0 aromatic heterocycles. The largest absolute Gasteiger partial charge is 0.386 e. The number of rotatable bonds is 7. The highest BCUT2D eigenvalue weighted by Crippen LogP contribution is 2.24. The van der Waals surface area contributed by atoms with E-state index in [4.69, 9.17) is 0 Å². The molecule has 30 heavy (non-hydrogen) atoms. The van der Waals surface area contributed by atoms with Gasteiger partial charge in [0.1, 0.15) is 0 Å². The van der Waals surface area contributed by atoms with E-state index in [1.54, 1.807) is 0 Å². The highest BCUT2D eigenvalue weighted by molar-refractivity contribution is 14.0. The van der Waals surface area contributed by atoms with Gasteiger partial charge in [-0.2, -0.15) is 0 Å². The summed E-state index contributed by atoms with van der Waals surface area (Å²) in [5, 5.41) is 17.2. The molecular formula is C23H42IN5O. The van der Waals surface area contributed by atoms with Crippen LogP contribution < -0.4 is 10.6 Å². The standard InChI is InChI=1S/C23H41N5O.HI/c1-6-24-22(25-12-15-28-14-7-13-27(5)16-17-28)26-18-21(29)19-8-10-20(11-9-19)23(2,3)4;/h8-11,21,29H,6-7,12-18H2,1-5H3,(H2,24,25,26);1H. The summed E-state index contributed by atoms with van der Waals surface area (Å²) in [7, 11) is 2.19. The van der Waals surface area contributed by atoms with Crippen LogP contribution in [0.15, 0.2) is 29.3 Å². The van der Waals surface area contributed by atoms with E-state index in [1.807, 2.05) is 12.1 Å². The van der Waals surface area contributed by atoms with Crippen LogP contribution in [0.4, 0.5) is 0 Å². The summed E-state index contributed by atoms with van der Waals surface area (Å²) in [6.45, 7) is 16.2. The van der Waals surface area contributed by atoms with Gasteiger partial charge in [0.2, 0.25) is 0 Å². The van der Waals surface area contributed by atoms with Crippen molar-refractivity contribution in [3.05, 3.63) is 35.4 Å². The van der Waals surface area contributed by atoms with E-state index >= 15 is 0 Å². The number of aliphatic imine (C=N–C) groups is 1. The molecule has 1 aliphatic rings. The van der Waals surface area contributed by atoms with Crippen molar-refractivity contribution in [1.29, 1.82) is 0 Å². The quantitative estimate of drug-likeness (QED) is 0.287. The Morgan fingerprint density at radius 2 is 1.80 bits per heavy atom. The highest BCUT2D eigenvalue weighted by atomic mass is 127. The Labute approximate surface area is 200 Å². The lowest BCUT2D eigenvalue weighted by atomic mass is 9.86. The summed E-state index contributed by atoms with van der Waals surface area (Å²) >= 11 is 0. The Bertz CT molecular complexity index is 629. The molecule has 0 bridgehead atoms. The van der Waals surface area contributed by atoms with Crippen molar-refractivity contribution in [2.45, 2.75) is 45.6 Å². The summed E-state index contributed by atoms with van der Waals surface area (Å²) in [6.07, 6.45) is 0.630. The summed E-state index contributed by atoms with van der Waals surface area (Å²) in [5.41, 5.74) is 2.30. The maximum Gasteiger partial charge on any atom is 0.191 e. The van der Waals surface area contributed by atoms with Gasteiger partial charge < -0.3 is 25.5 Å². The lowest BCUT2D eigenvalue weighted by molar-refractivity contribution is 0.187. The fourth-order valence-electron chi connectivity index (χ4n) is 3.49. The number of halogens is 1. The minimum atomic E-state index is -0.597. The number of guanidine groups is 1. The van der Waals surface area contributed by atoms with Gasteiger partial charge >= 0.3 is 0 Å². The number of benzene rings is 1. The van der Waals surface area contributed by atoms with Crippen molar-refractivity contribution >= 4 is 29.9 Å². The zero-order chi connectivity index (χ0) is 21.3. The molecule has 0 radical (unpaired) electrons. The summed E-state index contributed by atoms with van der Waals surface area (Å²) in [6, 6.07) is 8.23. The van der Waals surface area contributed by atoms with Crippen LogP contribution in [0, 0.1) is 0 Å². The molecule has 1 atom stereocenters. The summed E-state index contributed by atoms with van der Waals surface area (Å²) < 4.78 is 0. The van der Waals surface area contributed by atoms with Crippen LogP contribution in [0.5, 0.6) is 0 Å². The maximum absolute atomic E-state index is 10.5. The molecule has 0 amide bonds. The molecule has 0 aliphatic carbocycles. The first kappa shape index (κ1) is 27.1. The van der Waals surface area contributed by atoms with Crippen LogP contribution in [0.2, 0.25) is 0 Å². The number of aliphatic hydroxyl groups excluding tert-OH is 1. The molecule has 0 saturated carbocycles. The molecule has 6 nitrogen and oxygen atoms in total. The topological polar surface area (TPSA) is 63.1 Å². The third-order valence-corrected chi connectivity index (χ3v) is 5.46. The number of hydrogen-bond donors (Lipinski definition) is 3. The molecular weight excluding hydrogens is 489 g/mol. The highest BCUT2D eigenvalue weighted by Gasteiger charge is 2.15. The van der Waals surface area contributed by atoms with Crippen LogP contribution in [0.1, 0.15) is 51.3 Å². The van der Waals surface area contributed by atoms with E-state index in [0.717, 1.165) is 50.8 Å². The van der Waals surface area contributed by atoms with Crippen LogP contribution in [0.25, 0.3) is 0 Å². The minimum absolute atomic E-state index is 0. The monoisotopic (exact) mass is 531 g/mol. The summed E-state index contributed by atoms with van der Waals surface area (Å²) in [4.78, 5) is 9.49. The average Bonchev–Trinajstić information content (AvgIpc) is 2.89. The molecule has 172 valence electrons. The smallest absolute Gasteiger partial charge is 0.191 e. The van der Waals surface area contributed by atoms with Crippen molar-refractivity contribution in [1.82, 2.24) is 20.4 Å². The molecule has 1 unspecified atom stereocenters. The molecule has 0 spiro atoms. The van der Waals surface area contributed by atoms with E-state index in [0.29, 0.717) is 6.54 Å². The van der Waals surface area contributed by atoms with Crippen molar-refractivity contribution < 1.29 is 5.11 Å². The SMILES string of the molecule is CCNC(=NCC(O)c1ccc(C(C)(C)C)cc1)NCCN1CCCN(C)CC1.I. The second-order valence-corrected chi connectivity index (χ2v) is 9.03. The van der Waals surface area contributed by atoms with E-state index in [2.05, 4.69) is 72.3 Å². The maximum atomic E-state index is 10.5. The minimum Gasteiger partial charge on any atom is -0.386 e. The fourth-order valence-corrected chi connectivity index (χ4v) is 3.49. The Morgan fingerprint density at radius 3 is 2.43 bits per heavy atom. The zero-order valence-corrected chi connectivity index (χ0v) is 21.8. The van der Waals surface area contributed by atoms with Gasteiger partial charge in [0.05, 0.1) is 12.6 Å². The first-order valence-electron chi connectivity index (χ1n) is 11.0. The van der Waals surface area contributed by atoms with Crippen molar-refractivity contribution in [3.8, 4) is 0 Å². The van der Waals surface area contributed by atoms with Crippen LogP contribution in [-0.4, -0.2) is 80.3 Å². The number of hydrogen-bond acceptors (Lipinski definition) is 4. The first-order valence-corrected chi connectivity index (χ1v) is 11.0. The zero-order valence-electron chi connectivity index (χ0n) is 19.4. The Kier molecular flexibility index (Phi) is 12.2. The fraction of sp³-hybridized carbons (Fsp3) is 0.696. The van der Waals surface area contributed by atoms with Gasteiger partial charge in [-0.3, -0.25) is 4.99 Å². The average molecular weight is 532 g/mol. The Balaban J connectivity index is 0.00000450. The number of aliphatic hydroxyl groups is 1. The van der Waals surface area contributed by atoms with E-state index in [-0.39, 0.29) is 29.4 Å². The van der Waals surface area contributed by atoms with Gasteiger partial charge in [-0.25, -0.2) is 0 Å². The Morgan fingerprint density at radius 1 is 1.10 bits per heavy atom. The first-order chi connectivity index (χ1) is 13.8. The number of likely N-dealkylation sites (N-methyl/N-ethyl adjacent to an activating group) is 1. The molecule has 1 saturated heterocycles. The van der Waals surface area contributed by atoms with Gasteiger partial charge in [0.25, 0.3) is 0 Å². The van der Waals surface area contributed by atoms with Crippen LogP contribution in [0.3, 0.4) is 0 Å². The molecule has 1 aliphatic heterocycles. The van der Waals surface area contributed by atoms with Crippen molar-refractivity contribution in [3.63, 3.8) is 0 Å². The number of nitrogens with one attached hydrogen (secondary N) is 2. The van der Waals surface area contributed by atoms with Gasteiger partial charge in [-0.15, -0.1) is 24.0 Å². The van der Waals surface area contributed by atoms with Crippen molar-refractivity contribution in [2.75, 3.05) is 59.4 Å². The predicted molar refractivity (Wildman–Crippen MR) is 138 cm³/mol. The van der Waals surface area contributed by atoms with Gasteiger partial charge in [-0.1, -0.05) is 45.0 Å². The van der Waals surface area contributed by atoms with Crippen LogP contribution >= 0.6 is 24.0 Å². The van der Waals surface area contributed by atoms with Gasteiger partial charge in [0.15, 0.2) is 5.96 Å². The predicted octanol–water partition coefficient (Wildman–Crippen LogP) is 2.83. The van der Waals surface area contributed by atoms with Gasteiger partial charge in [-0.05, 0) is 50.0 Å². The molecule has 1 aromatic carbocycles. The second kappa shape index (κ2) is 13.5. The van der Waals surface area contributed by atoms with Crippen LogP contribution in [-0.2, 0) is 5.41 Å². The van der Waals surface area contributed by atoms with Gasteiger partial charge in [0, 0.05) is 32.7 Å². The molecule has 1 fully saturated rings. The van der Waals surface area contributed by atoms with Crippen molar-refractivity contribution in [2.24, 2.45) is 4.99 Å². The third kappa shape index (κ3) is 9.49. The van der Waals surface area contributed by atoms with E-state index < -0.39 is 6.10 Å².